The number of methoxy groups -OCH3 is 1. The maximum Gasteiger partial charge on any atom is 0.336 e. The number of nitrogens with zero attached hydrogens (tertiary/aromatic N) is 1. The van der Waals surface area contributed by atoms with Crippen LogP contribution in [0.15, 0.2) is 53.7 Å². The zero-order chi connectivity index (χ0) is 22.5. The van der Waals surface area contributed by atoms with Gasteiger partial charge in [0.15, 0.2) is 0 Å². The van der Waals surface area contributed by atoms with E-state index in [2.05, 4.69) is 0 Å². The van der Waals surface area contributed by atoms with E-state index in [-0.39, 0.29) is 48.9 Å². The third-order valence-corrected chi connectivity index (χ3v) is 5.57. The van der Waals surface area contributed by atoms with Crippen molar-refractivity contribution in [1.82, 2.24) is 4.90 Å². The zero-order valence-electron chi connectivity index (χ0n) is 17.2. The van der Waals surface area contributed by atoms with Gasteiger partial charge in [0, 0.05) is 35.7 Å². The number of ether oxygens (including phenoxy) is 2. The summed E-state index contributed by atoms with van der Waals surface area (Å²) in [6.07, 6.45) is -0.0914. The summed E-state index contributed by atoms with van der Waals surface area (Å²) in [5.74, 6) is -3.18. The normalized spacial score (nSPS) is 16.6. The van der Waals surface area contributed by atoms with E-state index in [0.717, 1.165) is 12.1 Å². The van der Waals surface area contributed by atoms with Crippen LogP contribution < -0.4 is 0 Å². The van der Waals surface area contributed by atoms with Crippen LogP contribution in [0.4, 0.5) is 8.78 Å². The van der Waals surface area contributed by atoms with Gasteiger partial charge < -0.3 is 14.4 Å². The van der Waals surface area contributed by atoms with Crippen LogP contribution in [-0.4, -0.2) is 37.1 Å². The van der Waals surface area contributed by atoms with E-state index in [4.69, 9.17) is 21.1 Å². The Labute approximate surface area is 184 Å². The minimum atomic E-state index is -0.766. The summed E-state index contributed by atoms with van der Waals surface area (Å²) in [5, 5.41) is 0.406. The first-order valence-electron chi connectivity index (χ1n) is 9.69. The highest BCUT2D eigenvalue weighted by molar-refractivity contribution is 6.31. The fourth-order valence-corrected chi connectivity index (χ4v) is 3.90. The topological polar surface area (TPSA) is 55.8 Å². The molecule has 2 aromatic carbocycles. The van der Waals surface area contributed by atoms with Crippen molar-refractivity contribution in [2.75, 3.05) is 20.3 Å². The number of halogens is 3. The first kappa shape index (κ1) is 22.9. The number of carbonyl (C=O) groups excluding carboxylic acids is 2. The number of rotatable bonds is 7. The standard InChI is InChI=1S/C23H22ClF2NO4/c1-14-22(23(29)31-11-10-30-2)16(15-6-3-4-7-18(15)24)12-21(28)27(14)13-17-19(25)8-5-9-20(17)26/h3-9,16H,10-13H2,1-2H3. The van der Waals surface area contributed by atoms with Crippen LogP contribution in [0.2, 0.25) is 5.02 Å². The van der Waals surface area contributed by atoms with E-state index in [1.807, 2.05) is 0 Å². The van der Waals surface area contributed by atoms with Gasteiger partial charge in [-0.3, -0.25) is 4.79 Å². The average Bonchev–Trinajstić information content (AvgIpc) is 2.73. The van der Waals surface area contributed by atoms with Gasteiger partial charge >= 0.3 is 5.97 Å². The molecule has 0 aromatic heterocycles. The number of hydrogen-bond donors (Lipinski definition) is 0. The summed E-state index contributed by atoms with van der Waals surface area (Å²) in [4.78, 5) is 27.1. The highest BCUT2D eigenvalue weighted by Crippen LogP contribution is 2.40. The first-order chi connectivity index (χ1) is 14.8. The summed E-state index contributed by atoms with van der Waals surface area (Å²) < 4.78 is 38.6. The number of hydrogen-bond acceptors (Lipinski definition) is 4. The van der Waals surface area contributed by atoms with E-state index < -0.39 is 23.5 Å². The molecule has 1 atom stereocenters. The van der Waals surface area contributed by atoms with Crippen LogP contribution >= 0.6 is 11.6 Å². The lowest BCUT2D eigenvalue weighted by Crippen LogP contribution is -2.38. The molecule has 1 amide bonds. The van der Waals surface area contributed by atoms with E-state index in [0.29, 0.717) is 10.6 Å². The van der Waals surface area contributed by atoms with Gasteiger partial charge in [-0.2, -0.15) is 0 Å². The smallest absolute Gasteiger partial charge is 0.336 e. The van der Waals surface area contributed by atoms with Crippen molar-refractivity contribution in [1.29, 1.82) is 0 Å². The highest BCUT2D eigenvalue weighted by atomic mass is 35.5. The second-order valence-corrected chi connectivity index (χ2v) is 7.49. The Kier molecular flexibility index (Phi) is 7.41. The summed E-state index contributed by atoms with van der Waals surface area (Å²) in [7, 11) is 1.48. The molecule has 1 aliphatic heterocycles. The minimum absolute atomic E-state index is 0.0250. The van der Waals surface area contributed by atoms with Gasteiger partial charge in [0.25, 0.3) is 0 Å². The monoisotopic (exact) mass is 449 g/mol. The van der Waals surface area contributed by atoms with Crippen LogP contribution in [0.5, 0.6) is 0 Å². The molecule has 0 fully saturated rings. The Bertz CT molecular complexity index is 1000. The predicted octanol–water partition coefficient (Wildman–Crippen LogP) is 4.60. The Morgan fingerprint density at radius 1 is 1.13 bits per heavy atom. The first-order valence-corrected chi connectivity index (χ1v) is 10.1. The minimum Gasteiger partial charge on any atom is -0.460 e. The van der Waals surface area contributed by atoms with Gasteiger partial charge in [0.2, 0.25) is 5.91 Å². The Morgan fingerprint density at radius 2 is 1.81 bits per heavy atom. The van der Waals surface area contributed by atoms with Crippen molar-refractivity contribution in [3.63, 3.8) is 0 Å². The molecule has 1 unspecified atom stereocenters. The van der Waals surface area contributed by atoms with Crippen LogP contribution in [0.3, 0.4) is 0 Å². The Hall–Kier alpha value is -2.77. The molecule has 0 spiro atoms. The lowest BCUT2D eigenvalue weighted by molar-refractivity contribution is -0.141. The van der Waals surface area contributed by atoms with E-state index >= 15 is 0 Å². The second kappa shape index (κ2) is 10.0. The van der Waals surface area contributed by atoms with Gasteiger partial charge in [0.05, 0.1) is 18.7 Å². The average molecular weight is 450 g/mol. The molecule has 0 saturated heterocycles. The molecule has 0 bridgehead atoms. The number of allylic oxidation sites excluding steroid dienone is 1. The molecule has 0 radical (unpaired) electrons. The number of benzene rings is 2. The number of esters is 1. The molecule has 1 aliphatic rings. The van der Waals surface area contributed by atoms with Crippen molar-refractivity contribution in [3.8, 4) is 0 Å². The SMILES string of the molecule is COCCOC(=O)C1=C(C)N(Cc2c(F)cccc2F)C(=O)CC1c1ccccc1Cl. The third-order valence-electron chi connectivity index (χ3n) is 5.22. The largest absolute Gasteiger partial charge is 0.460 e. The van der Waals surface area contributed by atoms with Crippen LogP contribution in [0.25, 0.3) is 0 Å². The maximum atomic E-state index is 14.2. The molecule has 3 rings (SSSR count). The molecule has 8 heteroatoms. The Morgan fingerprint density at radius 3 is 2.45 bits per heavy atom. The van der Waals surface area contributed by atoms with Gasteiger partial charge in [-0.15, -0.1) is 0 Å². The van der Waals surface area contributed by atoms with E-state index in [1.54, 1.807) is 31.2 Å². The number of carbonyl (C=O) groups is 2. The Balaban J connectivity index is 2.05. The molecule has 5 nitrogen and oxygen atoms in total. The zero-order valence-corrected chi connectivity index (χ0v) is 17.9. The third kappa shape index (κ3) is 4.94. The van der Waals surface area contributed by atoms with Crippen molar-refractivity contribution >= 4 is 23.5 Å². The summed E-state index contributed by atoms with van der Waals surface area (Å²) in [6.45, 7) is 1.45. The quantitative estimate of drug-likeness (QED) is 0.458. The molecule has 0 aliphatic carbocycles. The predicted molar refractivity (Wildman–Crippen MR) is 111 cm³/mol. The molecule has 0 saturated carbocycles. The van der Waals surface area contributed by atoms with Crippen molar-refractivity contribution < 1.29 is 27.8 Å². The van der Waals surface area contributed by atoms with Gasteiger partial charge in [-0.25, -0.2) is 13.6 Å². The van der Waals surface area contributed by atoms with Crippen LogP contribution in [-0.2, 0) is 25.6 Å². The summed E-state index contributed by atoms with van der Waals surface area (Å²) in [5.41, 5.74) is 0.845. The molecular weight excluding hydrogens is 428 g/mol. The fourth-order valence-electron chi connectivity index (χ4n) is 3.63. The van der Waals surface area contributed by atoms with Gasteiger partial charge in [0.1, 0.15) is 18.2 Å². The number of amides is 1. The van der Waals surface area contributed by atoms with Crippen molar-refractivity contribution in [3.05, 3.63) is 81.5 Å². The molecule has 0 N–H and O–H groups in total. The van der Waals surface area contributed by atoms with E-state index in [9.17, 15) is 18.4 Å². The highest BCUT2D eigenvalue weighted by Gasteiger charge is 2.38. The van der Waals surface area contributed by atoms with Crippen LogP contribution in [0, 0.1) is 11.6 Å². The molecule has 164 valence electrons. The summed E-state index contributed by atoms with van der Waals surface area (Å²) in [6, 6.07) is 10.4. The van der Waals surface area contributed by atoms with Gasteiger partial charge in [-0.05, 0) is 30.7 Å². The maximum absolute atomic E-state index is 14.2. The lowest BCUT2D eigenvalue weighted by atomic mass is 9.83. The van der Waals surface area contributed by atoms with Crippen molar-refractivity contribution in [2.45, 2.75) is 25.8 Å². The summed E-state index contributed by atoms with van der Waals surface area (Å²) >= 11 is 6.34. The van der Waals surface area contributed by atoms with E-state index in [1.165, 1.54) is 18.1 Å². The molecular formula is C23H22ClF2NO4. The van der Waals surface area contributed by atoms with Crippen LogP contribution in [0.1, 0.15) is 30.4 Å². The van der Waals surface area contributed by atoms with Crippen molar-refractivity contribution in [2.24, 2.45) is 0 Å². The molecule has 2 aromatic rings. The lowest BCUT2D eigenvalue weighted by Gasteiger charge is -2.35. The molecule has 31 heavy (non-hydrogen) atoms. The molecule has 1 heterocycles. The van der Waals surface area contributed by atoms with Gasteiger partial charge in [-0.1, -0.05) is 35.9 Å². The fraction of sp³-hybridized carbons (Fsp3) is 0.304. The second-order valence-electron chi connectivity index (χ2n) is 7.09.